The third-order valence-electron chi connectivity index (χ3n) is 9.95. The monoisotopic (exact) mass is 648 g/mol. The second-order valence-electron chi connectivity index (χ2n) is 13.9. The maximum Gasteiger partial charge on any atom is 0.137 e. The van der Waals surface area contributed by atoms with Crippen molar-refractivity contribution in [1.82, 2.24) is 19.1 Å². The molecule has 0 saturated heterocycles. The number of fused-ring (bicyclic) bond motifs is 9. The Labute approximate surface area is 287 Å². The molecule has 0 saturated carbocycles. The zero-order chi connectivity index (χ0) is 32.9. The Bertz CT molecular complexity index is 2900. The lowest BCUT2D eigenvalue weighted by molar-refractivity contribution is 0.588. The number of pyridine rings is 1. The molecule has 0 bridgehead atoms. The zero-order valence-corrected chi connectivity index (χ0v) is 28.3. The molecule has 4 heterocycles. The molecule has 0 N–H and O–H groups in total. The molecule has 4 aromatic heterocycles. The van der Waals surface area contributed by atoms with Crippen LogP contribution < -0.4 is 0 Å². The summed E-state index contributed by atoms with van der Waals surface area (Å²) in [6, 6.07) is 48.4. The van der Waals surface area contributed by atoms with Gasteiger partial charge in [-0.1, -0.05) is 99.6 Å². The van der Waals surface area contributed by atoms with Crippen LogP contribution in [0.2, 0.25) is 0 Å². The van der Waals surface area contributed by atoms with Gasteiger partial charge in [0.1, 0.15) is 10.8 Å². The molecule has 49 heavy (non-hydrogen) atoms. The van der Waals surface area contributed by atoms with Gasteiger partial charge >= 0.3 is 0 Å². The maximum absolute atomic E-state index is 5.03. The minimum absolute atomic E-state index is 0.00827. The number of thiazole rings is 1. The molecular formula is C44H32N4S. The van der Waals surface area contributed by atoms with E-state index in [1.807, 2.05) is 6.20 Å². The average Bonchev–Trinajstić information content (AvgIpc) is 3.81. The number of aromatic nitrogens is 4. The van der Waals surface area contributed by atoms with Crippen molar-refractivity contribution in [2.45, 2.75) is 26.2 Å². The Balaban J connectivity index is 1.29. The van der Waals surface area contributed by atoms with Crippen molar-refractivity contribution >= 4 is 75.9 Å². The highest BCUT2D eigenvalue weighted by Gasteiger charge is 2.21. The number of nitrogens with zero attached hydrogens (tertiary/aromatic N) is 4. The third-order valence-corrected chi connectivity index (χ3v) is 11.0. The predicted octanol–water partition coefficient (Wildman–Crippen LogP) is 12.0. The number of hydrogen-bond acceptors (Lipinski definition) is 3. The number of benzene rings is 6. The maximum atomic E-state index is 5.03. The first-order valence-electron chi connectivity index (χ1n) is 16.7. The first kappa shape index (κ1) is 28.3. The number of para-hydroxylation sites is 2. The van der Waals surface area contributed by atoms with Crippen LogP contribution in [0, 0.1) is 0 Å². The SMILES string of the molecule is CC(C)(C)c1ccnc(-n2c3ccccc3c3ccc(-n4c5cc(-c6nc7ccccc7s6)ccc5c5c6ccccc6ccc54)cc32)c1. The van der Waals surface area contributed by atoms with E-state index in [0.717, 1.165) is 44.1 Å². The van der Waals surface area contributed by atoms with Crippen molar-refractivity contribution in [2.75, 3.05) is 0 Å². The molecular weight excluding hydrogens is 617 g/mol. The van der Waals surface area contributed by atoms with Gasteiger partial charge < -0.3 is 4.57 Å². The predicted molar refractivity (Wildman–Crippen MR) is 208 cm³/mol. The topological polar surface area (TPSA) is 35.6 Å². The van der Waals surface area contributed by atoms with Crippen molar-refractivity contribution in [2.24, 2.45) is 0 Å². The molecule has 5 heteroatoms. The van der Waals surface area contributed by atoms with Gasteiger partial charge in [0.05, 0.1) is 32.3 Å². The molecule has 0 amide bonds. The van der Waals surface area contributed by atoms with Crippen molar-refractivity contribution in [3.05, 3.63) is 145 Å². The molecule has 0 aliphatic heterocycles. The average molecular weight is 649 g/mol. The fraction of sp³-hybridized carbons (Fsp3) is 0.0909. The lowest BCUT2D eigenvalue weighted by Gasteiger charge is -2.20. The minimum Gasteiger partial charge on any atom is -0.309 e. The second kappa shape index (κ2) is 10.4. The molecule has 0 aliphatic rings. The Morgan fingerprint density at radius 2 is 1.33 bits per heavy atom. The van der Waals surface area contributed by atoms with E-state index in [9.17, 15) is 0 Å². The fourth-order valence-corrected chi connectivity index (χ4v) is 8.51. The van der Waals surface area contributed by atoms with Crippen molar-refractivity contribution in [1.29, 1.82) is 0 Å². The van der Waals surface area contributed by atoms with Gasteiger partial charge in [0.2, 0.25) is 0 Å². The van der Waals surface area contributed by atoms with E-state index in [1.165, 1.54) is 48.1 Å². The van der Waals surface area contributed by atoms with Crippen LogP contribution in [0.25, 0.3) is 86.7 Å². The molecule has 6 aromatic carbocycles. The van der Waals surface area contributed by atoms with E-state index in [2.05, 4.69) is 163 Å². The van der Waals surface area contributed by atoms with E-state index in [-0.39, 0.29) is 5.41 Å². The summed E-state index contributed by atoms with van der Waals surface area (Å²) in [7, 11) is 0. The quantitative estimate of drug-likeness (QED) is 0.191. The molecule has 0 spiro atoms. The Kier molecular flexibility index (Phi) is 5.97. The van der Waals surface area contributed by atoms with Gasteiger partial charge in [0.15, 0.2) is 0 Å². The zero-order valence-electron chi connectivity index (χ0n) is 27.5. The van der Waals surface area contributed by atoms with Gasteiger partial charge in [0, 0.05) is 39.0 Å². The summed E-state index contributed by atoms with van der Waals surface area (Å²) in [5, 5.41) is 8.47. The van der Waals surface area contributed by atoms with Crippen LogP contribution in [-0.4, -0.2) is 19.1 Å². The Morgan fingerprint density at radius 1 is 0.571 bits per heavy atom. The molecule has 0 unspecified atom stereocenters. The van der Waals surface area contributed by atoms with Crippen LogP contribution in [0.1, 0.15) is 26.3 Å². The van der Waals surface area contributed by atoms with Crippen LogP contribution in [0.3, 0.4) is 0 Å². The molecule has 0 fully saturated rings. The summed E-state index contributed by atoms with van der Waals surface area (Å²) < 4.78 is 5.97. The summed E-state index contributed by atoms with van der Waals surface area (Å²) in [5.74, 6) is 0.933. The van der Waals surface area contributed by atoms with E-state index in [0.29, 0.717) is 0 Å². The van der Waals surface area contributed by atoms with Crippen LogP contribution in [-0.2, 0) is 5.41 Å². The summed E-state index contributed by atoms with van der Waals surface area (Å²) in [5.41, 5.74) is 9.18. The molecule has 4 nitrogen and oxygen atoms in total. The molecule has 10 aromatic rings. The number of hydrogen-bond donors (Lipinski definition) is 0. The minimum atomic E-state index is 0.00827. The summed E-state index contributed by atoms with van der Waals surface area (Å²) >= 11 is 1.75. The lowest BCUT2D eigenvalue weighted by atomic mass is 9.88. The highest BCUT2D eigenvalue weighted by molar-refractivity contribution is 7.21. The van der Waals surface area contributed by atoms with Crippen molar-refractivity contribution in [3.63, 3.8) is 0 Å². The van der Waals surface area contributed by atoms with Gasteiger partial charge in [-0.05, 0) is 76.3 Å². The van der Waals surface area contributed by atoms with Crippen LogP contribution in [0.5, 0.6) is 0 Å². The highest BCUT2D eigenvalue weighted by Crippen LogP contribution is 2.41. The molecule has 0 aliphatic carbocycles. The second-order valence-corrected chi connectivity index (χ2v) is 15.0. The summed E-state index contributed by atoms with van der Waals surface area (Å²) in [6.07, 6.45) is 1.95. The van der Waals surface area contributed by atoms with E-state index >= 15 is 0 Å². The lowest BCUT2D eigenvalue weighted by Crippen LogP contribution is -2.12. The van der Waals surface area contributed by atoms with Gasteiger partial charge in [-0.25, -0.2) is 9.97 Å². The Hall–Kier alpha value is -5.78. The summed E-state index contributed by atoms with van der Waals surface area (Å²) in [4.78, 5) is 9.97. The van der Waals surface area contributed by atoms with Crippen molar-refractivity contribution in [3.8, 4) is 22.1 Å². The largest absolute Gasteiger partial charge is 0.309 e. The molecule has 234 valence electrons. The van der Waals surface area contributed by atoms with E-state index < -0.39 is 0 Å². The van der Waals surface area contributed by atoms with Gasteiger partial charge in [0.25, 0.3) is 0 Å². The van der Waals surface area contributed by atoms with Gasteiger partial charge in [-0.15, -0.1) is 11.3 Å². The van der Waals surface area contributed by atoms with Gasteiger partial charge in [-0.3, -0.25) is 4.57 Å². The van der Waals surface area contributed by atoms with Crippen LogP contribution >= 0.6 is 11.3 Å². The van der Waals surface area contributed by atoms with Crippen LogP contribution in [0.15, 0.2) is 140 Å². The molecule has 10 rings (SSSR count). The normalized spacial score (nSPS) is 12.4. The first-order valence-corrected chi connectivity index (χ1v) is 17.6. The van der Waals surface area contributed by atoms with E-state index in [4.69, 9.17) is 9.97 Å². The summed E-state index contributed by atoms with van der Waals surface area (Å²) in [6.45, 7) is 6.76. The molecule has 0 radical (unpaired) electrons. The third kappa shape index (κ3) is 4.29. The van der Waals surface area contributed by atoms with Crippen molar-refractivity contribution < 1.29 is 0 Å². The highest BCUT2D eigenvalue weighted by atomic mass is 32.1. The van der Waals surface area contributed by atoms with Crippen LogP contribution in [0.4, 0.5) is 0 Å². The molecule has 0 atom stereocenters. The standard InChI is InChI=1S/C44H32N4S/c1-44(2,3)29-22-23-45-41(25-29)48-36-14-8-6-12-32(36)33-20-18-30(26-39(33)48)47-37-21-17-27-10-4-5-11-31(27)42(37)34-19-16-28(24-38(34)47)43-46-35-13-7-9-15-40(35)49-43/h4-26H,1-3H3. The Morgan fingerprint density at radius 3 is 2.20 bits per heavy atom. The fourth-order valence-electron chi connectivity index (χ4n) is 7.55. The van der Waals surface area contributed by atoms with E-state index in [1.54, 1.807) is 11.3 Å². The number of rotatable bonds is 3. The smallest absolute Gasteiger partial charge is 0.137 e. The van der Waals surface area contributed by atoms with Gasteiger partial charge in [-0.2, -0.15) is 0 Å². The first-order chi connectivity index (χ1) is 23.9.